The molecule has 0 saturated carbocycles. The van der Waals surface area contributed by atoms with E-state index in [0.717, 1.165) is 43.4 Å². The van der Waals surface area contributed by atoms with Crippen LogP contribution in [-0.4, -0.2) is 48.1 Å². The Balaban J connectivity index is 2.14. The Morgan fingerprint density at radius 3 is 2.47 bits per heavy atom. The van der Waals surface area contributed by atoms with Gasteiger partial charge >= 0.3 is 0 Å². The molecule has 1 saturated heterocycles. The highest BCUT2D eigenvalue weighted by atomic mass is 15.3. The van der Waals surface area contributed by atoms with Crippen molar-refractivity contribution in [2.45, 2.75) is 19.9 Å². The lowest BCUT2D eigenvalue weighted by Gasteiger charge is -2.32. The lowest BCUT2D eigenvalue weighted by atomic mass is 10.1. The zero-order valence-electron chi connectivity index (χ0n) is 10.8. The summed E-state index contributed by atoms with van der Waals surface area (Å²) in [6.07, 6.45) is 1.86. The third kappa shape index (κ3) is 2.73. The molecule has 2 heterocycles. The molecule has 0 unspecified atom stereocenters. The molecule has 2 rings (SSSR count). The van der Waals surface area contributed by atoms with Crippen LogP contribution in [0.25, 0.3) is 0 Å². The molecule has 0 aliphatic carbocycles. The molecule has 0 spiro atoms. The number of anilines is 1. The summed E-state index contributed by atoms with van der Waals surface area (Å²) in [7, 11) is 2.14. The average molecular weight is 235 g/mol. The van der Waals surface area contributed by atoms with Gasteiger partial charge in [-0.2, -0.15) is 0 Å². The van der Waals surface area contributed by atoms with Crippen LogP contribution in [0.1, 0.15) is 24.2 Å². The summed E-state index contributed by atoms with van der Waals surface area (Å²) in [4.78, 5) is 13.5. The van der Waals surface area contributed by atoms with Crippen molar-refractivity contribution < 1.29 is 0 Å². The van der Waals surface area contributed by atoms with E-state index in [2.05, 4.69) is 26.8 Å². The van der Waals surface area contributed by atoms with Crippen LogP contribution in [0.2, 0.25) is 0 Å². The number of rotatable bonds is 2. The van der Waals surface area contributed by atoms with Crippen LogP contribution < -0.4 is 10.6 Å². The van der Waals surface area contributed by atoms with Gasteiger partial charge in [-0.25, -0.2) is 9.97 Å². The van der Waals surface area contributed by atoms with Crippen molar-refractivity contribution in [1.29, 1.82) is 0 Å². The van der Waals surface area contributed by atoms with E-state index in [9.17, 15) is 0 Å². The largest absolute Gasteiger partial charge is 0.338 e. The molecule has 0 radical (unpaired) electrons. The molecule has 94 valence electrons. The van der Waals surface area contributed by atoms with Gasteiger partial charge in [0.05, 0.1) is 0 Å². The molecule has 5 nitrogen and oxygen atoms in total. The smallest absolute Gasteiger partial charge is 0.225 e. The molecule has 1 aliphatic heterocycles. The second-order valence-electron chi connectivity index (χ2n) is 4.79. The minimum Gasteiger partial charge on any atom is -0.338 e. The van der Waals surface area contributed by atoms with E-state index >= 15 is 0 Å². The Morgan fingerprint density at radius 2 is 1.94 bits per heavy atom. The number of aryl methyl sites for hydroxylation is 1. The monoisotopic (exact) mass is 235 g/mol. The molecule has 0 amide bonds. The third-order valence-electron chi connectivity index (χ3n) is 3.28. The predicted octanol–water partition coefficient (Wildman–Crippen LogP) is 0.557. The molecule has 1 atom stereocenters. The van der Waals surface area contributed by atoms with Gasteiger partial charge in [0, 0.05) is 49.7 Å². The molecule has 17 heavy (non-hydrogen) atoms. The summed E-state index contributed by atoms with van der Waals surface area (Å²) in [6.45, 7) is 8.08. The second-order valence-corrected chi connectivity index (χ2v) is 4.79. The maximum absolute atomic E-state index is 5.86. The Bertz CT molecular complexity index is 382. The van der Waals surface area contributed by atoms with Crippen LogP contribution in [-0.2, 0) is 0 Å². The fourth-order valence-corrected chi connectivity index (χ4v) is 2.07. The number of piperazine rings is 1. The average Bonchev–Trinajstić information content (AvgIpc) is 2.29. The summed E-state index contributed by atoms with van der Waals surface area (Å²) in [6, 6.07) is -0.00320. The number of nitrogens with two attached hydrogens (primary N) is 1. The zero-order chi connectivity index (χ0) is 12.4. The summed E-state index contributed by atoms with van der Waals surface area (Å²) in [5, 5.41) is 0. The number of aromatic nitrogens is 2. The lowest BCUT2D eigenvalue weighted by molar-refractivity contribution is 0.311. The van der Waals surface area contributed by atoms with E-state index in [1.807, 2.05) is 20.0 Å². The molecule has 0 bridgehead atoms. The van der Waals surface area contributed by atoms with Crippen molar-refractivity contribution in [2.75, 3.05) is 38.1 Å². The molecule has 1 fully saturated rings. The topological polar surface area (TPSA) is 58.3 Å². The quantitative estimate of drug-likeness (QED) is 0.811. The highest BCUT2D eigenvalue weighted by molar-refractivity contribution is 5.34. The van der Waals surface area contributed by atoms with E-state index < -0.39 is 0 Å². The summed E-state index contributed by atoms with van der Waals surface area (Å²) in [5.74, 6) is 0.833. The van der Waals surface area contributed by atoms with Gasteiger partial charge in [0.1, 0.15) is 0 Å². The van der Waals surface area contributed by atoms with E-state index in [-0.39, 0.29) is 6.04 Å². The van der Waals surface area contributed by atoms with Gasteiger partial charge < -0.3 is 15.5 Å². The highest BCUT2D eigenvalue weighted by Crippen LogP contribution is 2.16. The van der Waals surface area contributed by atoms with Crippen molar-refractivity contribution in [3.05, 3.63) is 17.5 Å². The SMILES string of the molecule is Cc1nc(N2CCN(C)CC2)ncc1[C@@H](C)N. The van der Waals surface area contributed by atoms with Crippen LogP contribution in [0.4, 0.5) is 5.95 Å². The van der Waals surface area contributed by atoms with Crippen molar-refractivity contribution in [3.63, 3.8) is 0 Å². The summed E-state index contributed by atoms with van der Waals surface area (Å²) < 4.78 is 0. The van der Waals surface area contributed by atoms with Gasteiger partial charge in [-0.15, -0.1) is 0 Å². The van der Waals surface area contributed by atoms with Crippen LogP contribution in [0, 0.1) is 6.92 Å². The summed E-state index contributed by atoms with van der Waals surface area (Å²) in [5.41, 5.74) is 7.88. The van der Waals surface area contributed by atoms with Crippen molar-refractivity contribution in [2.24, 2.45) is 5.73 Å². The van der Waals surface area contributed by atoms with E-state index in [0.29, 0.717) is 0 Å². The number of likely N-dealkylation sites (N-methyl/N-ethyl adjacent to an activating group) is 1. The highest BCUT2D eigenvalue weighted by Gasteiger charge is 2.17. The minimum atomic E-state index is -0.00320. The normalized spacial score (nSPS) is 19.4. The first-order chi connectivity index (χ1) is 8.08. The molecular formula is C12H21N5. The first kappa shape index (κ1) is 12.3. The molecule has 1 aromatic rings. The van der Waals surface area contributed by atoms with Gasteiger partial charge in [0.15, 0.2) is 0 Å². The van der Waals surface area contributed by atoms with E-state index in [4.69, 9.17) is 5.73 Å². The number of hydrogen-bond acceptors (Lipinski definition) is 5. The van der Waals surface area contributed by atoms with Gasteiger partial charge in [0.2, 0.25) is 5.95 Å². The Hall–Kier alpha value is -1.20. The zero-order valence-corrected chi connectivity index (χ0v) is 10.8. The molecule has 0 aromatic carbocycles. The van der Waals surface area contributed by atoms with Crippen LogP contribution in [0.5, 0.6) is 0 Å². The van der Waals surface area contributed by atoms with Gasteiger partial charge in [0.25, 0.3) is 0 Å². The van der Waals surface area contributed by atoms with Crippen LogP contribution in [0.15, 0.2) is 6.20 Å². The fraction of sp³-hybridized carbons (Fsp3) is 0.667. The Labute approximate surface area is 103 Å². The lowest BCUT2D eigenvalue weighted by Crippen LogP contribution is -2.45. The van der Waals surface area contributed by atoms with Gasteiger partial charge in [-0.1, -0.05) is 0 Å². The first-order valence-corrected chi connectivity index (χ1v) is 6.10. The third-order valence-corrected chi connectivity index (χ3v) is 3.28. The van der Waals surface area contributed by atoms with Crippen LogP contribution >= 0.6 is 0 Å². The molecule has 2 N–H and O–H groups in total. The Morgan fingerprint density at radius 1 is 1.29 bits per heavy atom. The van der Waals surface area contributed by atoms with Crippen molar-refractivity contribution >= 4 is 5.95 Å². The first-order valence-electron chi connectivity index (χ1n) is 6.10. The second kappa shape index (κ2) is 4.98. The fourth-order valence-electron chi connectivity index (χ4n) is 2.07. The maximum atomic E-state index is 5.86. The summed E-state index contributed by atoms with van der Waals surface area (Å²) >= 11 is 0. The van der Waals surface area contributed by atoms with Crippen LogP contribution in [0.3, 0.4) is 0 Å². The van der Waals surface area contributed by atoms with Crippen molar-refractivity contribution in [1.82, 2.24) is 14.9 Å². The standard InChI is InChI=1S/C12H21N5/c1-9(13)11-8-14-12(15-10(11)2)17-6-4-16(3)5-7-17/h8-9H,4-7,13H2,1-3H3/t9-/m1/s1. The minimum absolute atomic E-state index is 0.00320. The van der Waals surface area contributed by atoms with Crippen molar-refractivity contribution in [3.8, 4) is 0 Å². The van der Waals surface area contributed by atoms with E-state index in [1.165, 1.54) is 0 Å². The molecule has 1 aliphatic rings. The predicted molar refractivity (Wildman–Crippen MR) is 69.1 cm³/mol. The Kier molecular flexibility index (Phi) is 3.59. The molecule has 1 aromatic heterocycles. The van der Waals surface area contributed by atoms with Gasteiger partial charge in [-0.05, 0) is 20.9 Å². The van der Waals surface area contributed by atoms with Gasteiger partial charge in [-0.3, -0.25) is 0 Å². The van der Waals surface area contributed by atoms with E-state index in [1.54, 1.807) is 0 Å². The molecule has 5 heteroatoms. The maximum Gasteiger partial charge on any atom is 0.225 e. The molecular weight excluding hydrogens is 214 g/mol. The number of hydrogen-bond donors (Lipinski definition) is 1. The number of nitrogens with zero attached hydrogens (tertiary/aromatic N) is 4.